The van der Waals surface area contributed by atoms with E-state index in [4.69, 9.17) is 9.97 Å². The van der Waals surface area contributed by atoms with Gasteiger partial charge in [-0.2, -0.15) is 5.26 Å². The highest BCUT2D eigenvalue weighted by Gasteiger charge is 2.19. The quantitative estimate of drug-likeness (QED) is 0.168. The van der Waals surface area contributed by atoms with Crippen molar-refractivity contribution in [2.45, 2.75) is 71.3 Å². The van der Waals surface area contributed by atoms with Gasteiger partial charge in [-0.3, -0.25) is 0 Å². The summed E-state index contributed by atoms with van der Waals surface area (Å²) in [6.45, 7) is 12.2. The Kier molecular flexibility index (Phi) is 15.8. The van der Waals surface area contributed by atoms with Crippen LogP contribution in [0.3, 0.4) is 0 Å². The summed E-state index contributed by atoms with van der Waals surface area (Å²) < 4.78 is 14.5. The molecule has 1 aliphatic rings. The Morgan fingerprint density at radius 2 is 2.05 bits per heavy atom. The Balaban J connectivity index is 2.50. The highest BCUT2D eigenvalue weighted by Crippen LogP contribution is 2.26. The van der Waals surface area contributed by atoms with E-state index in [0.717, 1.165) is 61.5 Å². The van der Waals surface area contributed by atoms with Gasteiger partial charge in [0.15, 0.2) is 0 Å². The van der Waals surface area contributed by atoms with E-state index in [2.05, 4.69) is 65.6 Å². The minimum Gasteiger partial charge on any atom is -0.361 e. The molecule has 7 nitrogen and oxygen atoms in total. The van der Waals surface area contributed by atoms with E-state index in [0.29, 0.717) is 56.6 Å². The maximum Gasteiger partial charge on any atom is 0.139 e. The molecule has 0 amide bonds. The van der Waals surface area contributed by atoms with Crippen molar-refractivity contribution in [1.29, 1.82) is 5.26 Å². The van der Waals surface area contributed by atoms with Crippen LogP contribution in [0.2, 0.25) is 0 Å². The van der Waals surface area contributed by atoms with E-state index in [-0.39, 0.29) is 5.83 Å². The second-order valence-corrected chi connectivity index (χ2v) is 10.4. The van der Waals surface area contributed by atoms with Crippen LogP contribution in [0.25, 0.3) is 0 Å². The fraction of sp³-hybridized carbons (Fsp3) is 0.485. The molecule has 2 rings (SSSR count). The molecular weight excluding hydrogens is 513 g/mol. The smallest absolute Gasteiger partial charge is 0.139 e. The number of unbranched alkanes of at least 4 members (excludes halogenated alkanes) is 3. The van der Waals surface area contributed by atoms with Crippen molar-refractivity contribution in [2.75, 3.05) is 38.6 Å². The average Bonchev–Trinajstić information content (AvgIpc) is 2.95. The molecular formula is C33H46FN7. The molecule has 0 saturated carbocycles. The predicted octanol–water partition coefficient (Wildman–Crippen LogP) is 5.85. The fourth-order valence-electron chi connectivity index (χ4n) is 4.34. The molecule has 0 fully saturated rings. The summed E-state index contributed by atoms with van der Waals surface area (Å²) in [6, 6.07) is 2.25. The Bertz CT molecular complexity index is 1190. The van der Waals surface area contributed by atoms with Gasteiger partial charge >= 0.3 is 0 Å². The molecule has 8 heteroatoms. The van der Waals surface area contributed by atoms with Crippen LogP contribution in [0, 0.1) is 23.2 Å². The van der Waals surface area contributed by atoms with Crippen LogP contribution in [0.4, 0.5) is 10.2 Å². The van der Waals surface area contributed by atoms with Crippen LogP contribution >= 0.6 is 0 Å². The molecule has 1 aliphatic heterocycles. The number of hydrogen-bond donors (Lipinski definition) is 2. The van der Waals surface area contributed by atoms with Crippen molar-refractivity contribution in [1.82, 2.24) is 25.5 Å². The van der Waals surface area contributed by atoms with E-state index >= 15 is 0 Å². The Labute approximate surface area is 246 Å². The fourth-order valence-corrected chi connectivity index (χ4v) is 4.34. The van der Waals surface area contributed by atoms with Crippen molar-refractivity contribution >= 4 is 5.82 Å². The van der Waals surface area contributed by atoms with Gasteiger partial charge < -0.3 is 20.4 Å². The number of rotatable bonds is 14. The highest BCUT2D eigenvalue weighted by atomic mass is 19.1. The summed E-state index contributed by atoms with van der Waals surface area (Å²) in [4.78, 5) is 14.4. The number of allylic oxidation sites excluding steroid dienone is 5. The number of anilines is 1. The minimum atomic E-state index is -0.236. The lowest BCUT2D eigenvalue weighted by molar-refractivity contribution is 0.391. The molecule has 0 unspecified atom stereocenters. The van der Waals surface area contributed by atoms with Crippen molar-refractivity contribution < 1.29 is 4.39 Å². The van der Waals surface area contributed by atoms with Crippen molar-refractivity contribution in [2.24, 2.45) is 0 Å². The zero-order valence-corrected chi connectivity index (χ0v) is 25.1. The lowest BCUT2D eigenvalue weighted by Gasteiger charge is -2.25. The first kappa shape index (κ1) is 33.5. The first-order valence-corrected chi connectivity index (χ1v) is 14.5. The SMILES string of the molecule is C=CC(=C)N/C=C\N(CCCC#N)c1nc(CCCCCN(C)C)nc2c1CCC/C(C)=C(F)\C=C/C#CCNC2. The molecule has 0 atom stereocenters. The van der Waals surface area contributed by atoms with E-state index in [1.807, 2.05) is 19.3 Å². The number of nitrogens with zero attached hydrogens (tertiary/aromatic N) is 5. The first-order chi connectivity index (χ1) is 19.8. The highest BCUT2D eigenvalue weighted by molar-refractivity contribution is 5.52. The Morgan fingerprint density at radius 3 is 2.80 bits per heavy atom. The maximum absolute atomic E-state index is 14.5. The minimum absolute atomic E-state index is 0.236. The second-order valence-electron chi connectivity index (χ2n) is 10.4. The van der Waals surface area contributed by atoms with Gasteiger partial charge in [0.25, 0.3) is 0 Å². The van der Waals surface area contributed by atoms with Gasteiger partial charge in [-0.1, -0.05) is 31.4 Å². The zero-order chi connectivity index (χ0) is 29.9. The van der Waals surface area contributed by atoms with Gasteiger partial charge in [0.05, 0.1) is 18.3 Å². The second kappa shape index (κ2) is 19.4. The third-order valence-corrected chi connectivity index (χ3v) is 6.66. The molecule has 2 heterocycles. The number of nitrogens with one attached hydrogen (secondary N) is 2. The lowest BCUT2D eigenvalue weighted by Crippen LogP contribution is -2.25. The largest absolute Gasteiger partial charge is 0.361 e. The van der Waals surface area contributed by atoms with Crippen LogP contribution < -0.4 is 15.5 Å². The van der Waals surface area contributed by atoms with Crippen molar-refractivity contribution in [3.63, 3.8) is 0 Å². The molecule has 0 aromatic carbocycles. The van der Waals surface area contributed by atoms with Gasteiger partial charge in [0.1, 0.15) is 17.5 Å². The molecule has 1 aromatic heterocycles. The van der Waals surface area contributed by atoms with Crippen LogP contribution in [-0.4, -0.2) is 48.6 Å². The van der Waals surface area contributed by atoms with Crippen molar-refractivity contribution in [3.05, 3.63) is 78.0 Å². The molecule has 220 valence electrons. The molecule has 0 radical (unpaired) electrons. The third kappa shape index (κ3) is 13.0. The topological polar surface area (TPSA) is 80.1 Å². The third-order valence-electron chi connectivity index (χ3n) is 6.66. The summed E-state index contributed by atoms with van der Waals surface area (Å²) in [6.07, 6.45) is 15.6. The van der Waals surface area contributed by atoms with Crippen LogP contribution in [-0.2, 0) is 19.4 Å². The maximum atomic E-state index is 14.5. The average molecular weight is 560 g/mol. The lowest BCUT2D eigenvalue weighted by atomic mass is 10.0. The van der Waals surface area contributed by atoms with E-state index < -0.39 is 0 Å². The molecule has 2 N–H and O–H groups in total. The summed E-state index contributed by atoms with van der Waals surface area (Å²) in [7, 11) is 4.19. The number of aryl methyl sites for hydroxylation is 1. The van der Waals surface area contributed by atoms with E-state index in [1.165, 1.54) is 6.08 Å². The number of aromatic nitrogens is 2. The standard InChI is InChI=1S/C33H46FN7/c1-6-28(3)37-22-25-41(24-14-11-20-35)33-29-17-15-16-27(2)30(34)18-9-7-12-21-36-26-31(29)38-32(39-33)19-10-8-13-23-40(4)5/h6,9,18,22,25,36-37H,1,3,8,10-11,13-17,19,21,23-24,26H2,2,4-5H3/b18-9-,25-22-,30-27+. The summed E-state index contributed by atoms with van der Waals surface area (Å²) >= 11 is 0. The predicted molar refractivity (Wildman–Crippen MR) is 167 cm³/mol. The van der Waals surface area contributed by atoms with Crippen LogP contribution in [0.5, 0.6) is 0 Å². The van der Waals surface area contributed by atoms with Crippen LogP contribution in [0.1, 0.15) is 69.0 Å². The molecule has 0 saturated heterocycles. The zero-order valence-electron chi connectivity index (χ0n) is 25.1. The van der Waals surface area contributed by atoms with Crippen molar-refractivity contribution in [3.8, 4) is 17.9 Å². The van der Waals surface area contributed by atoms with Gasteiger partial charge in [0.2, 0.25) is 0 Å². The molecule has 1 aromatic rings. The normalized spacial score (nSPS) is 16.7. The number of fused-ring (bicyclic) bond motifs is 1. The van der Waals surface area contributed by atoms with Crippen LogP contribution in [0.15, 0.2) is 60.9 Å². The number of halogens is 1. The van der Waals surface area contributed by atoms with Gasteiger partial charge in [-0.05, 0) is 89.9 Å². The monoisotopic (exact) mass is 559 g/mol. The van der Waals surface area contributed by atoms with Gasteiger partial charge in [0, 0.05) is 49.6 Å². The number of nitriles is 1. The van der Waals surface area contributed by atoms with E-state index in [1.54, 1.807) is 12.2 Å². The summed E-state index contributed by atoms with van der Waals surface area (Å²) in [5.41, 5.74) is 3.36. The molecule has 0 aliphatic carbocycles. The summed E-state index contributed by atoms with van der Waals surface area (Å²) in [5, 5.41) is 15.7. The van der Waals surface area contributed by atoms with E-state index in [9.17, 15) is 9.65 Å². The Morgan fingerprint density at radius 1 is 1.22 bits per heavy atom. The molecule has 0 spiro atoms. The molecule has 41 heavy (non-hydrogen) atoms. The van der Waals surface area contributed by atoms with Gasteiger partial charge in [-0.25, -0.2) is 14.4 Å². The number of hydrogen-bond acceptors (Lipinski definition) is 7. The Hall–Kier alpha value is -3.72. The molecule has 0 bridgehead atoms. The van der Waals surface area contributed by atoms with Gasteiger partial charge in [-0.15, -0.1) is 0 Å². The first-order valence-electron chi connectivity index (χ1n) is 14.5. The summed E-state index contributed by atoms with van der Waals surface area (Å²) in [5.74, 6) is 7.34.